The third kappa shape index (κ3) is 5.38. The van der Waals surface area contributed by atoms with Gasteiger partial charge in [0.25, 0.3) is 0 Å². The maximum absolute atomic E-state index is 13.0. The summed E-state index contributed by atoms with van der Waals surface area (Å²) < 4.78 is 13.0. The third-order valence-electron chi connectivity index (χ3n) is 5.07. The Labute approximate surface area is 160 Å². The molecule has 1 aromatic rings. The number of hydrogen-bond donors (Lipinski definition) is 1. The lowest BCUT2D eigenvalue weighted by atomic mass is 10.2. The topological polar surface area (TPSA) is 38.8 Å². The van der Waals surface area contributed by atoms with Crippen molar-refractivity contribution < 1.29 is 9.18 Å². The van der Waals surface area contributed by atoms with Gasteiger partial charge in [-0.2, -0.15) is 0 Å². The van der Waals surface area contributed by atoms with Gasteiger partial charge in [-0.05, 0) is 49.3 Å². The molecule has 0 unspecified atom stereocenters. The Hall–Kier alpha value is -1.73. The minimum Gasteiger partial charge on any atom is -0.346 e. The number of nitrogens with zero attached hydrogens (tertiary/aromatic N) is 3. The third-order valence-corrected chi connectivity index (χ3v) is 5.43. The smallest absolute Gasteiger partial charge is 0.236 e. The molecular weight excluding hydrogens is 351 g/mol. The van der Waals surface area contributed by atoms with Crippen LogP contribution in [-0.2, 0) is 4.79 Å². The van der Waals surface area contributed by atoms with Gasteiger partial charge in [0.1, 0.15) is 5.82 Å². The first-order valence-electron chi connectivity index (χ1n) is 9.43. The standard InChI is InChI=1S/C19H27FN4OS/c20-16-5-7-17(8-6-16)21-19(26)24-13-11-22(12-14-24)15-18(25)23-9-3-1-2-4-10-23/h5-8H,1-4,9-15H2,(H,21,26). The van der Waals surface area contributed by atoms with E-state index in [2.05, 4.69) is 15.1 Å². The molecular formula is C19H27FN4OS. The van der Waals surface area contributed by atoms with E-state index >= 15 is 0 Å². The molecule has 0 aromatic heterocycles. The quantitative estimate of drug-likeness (QED) is 0.819. The van der Waals surface area contributed by atoms with Crippen molar-refractivity contribution in [1.29, 1.82) is 0 Å². The molecule has 7 heteroatoms. The van der Waals surface area contributed by atoms with Crippen LogP contribution in [-0.4, -0.2) is 71.5 Å². The number of nitrogens with one attached hydrogen (secondary N) is 1. The van der Waals surface area contributed by atoms with Crippen LogP contribution in [0, 0.1) is 5.82 Å². The predicted octanol–water partition coefficient (Wildman–Crippen LogP) is 2.54. The van der Waals surface area contributed by atoms with Crippen LogP contribution in [0.1, 0.15) is 25.7 Å². The second kappa shape index (κ2) is 9.28. The van der Waals surface area contributed by atoms with Gasteiger partial charge in [-0.25, -0.2) is 4.39 Å². The lowest BCUT2D eigenvalue weighted by Gasteiger charge is -2.36. The van der Waals surface area contributed by atoms with E-state index in [-0.39, 0.29) is 11.7 Å². The van der Waals surface area contributed by atoms with E-state index in [9.17, 15) is 9.18 Å². The fourth-order valence-electron chi connectivity index (χ4n) is 3.46. The fraction of sp³-hybridized carbons (Fsp3) is 0.579. The summed E-state index contributed by atoms with van der Waals surface area (Å²) in [5, 5.41) is 3.80. The van der Waals surface area contributed by atoms with E-state index in [0.717, 1.165) is 57.8 Å². The zero-order chi connectivity index (χ0) is 18.4. The van der Waals surface area contributed by atoms with Crippen molar-refractivity contribution in [3.05, 3.63) is 30.1 Å². The van der Waals surface area contributed by atoms with Crippen LogP contribution in [0.15, 0.2) is 24.3 Å². The van der Waals surface area contributed by atoms with Crippen LogP contribution in [0.4, 0.5) is 10.1 Å². The van der Waals surface area contributed by atoms with Gasteiger partial charge in [0.2, 0.25) is 5.91 Å². The Morgan fingerprint density at radius 2 is 1.54 bits per heavy atom. The largest absolute Gasteiger partial charge is 0.346 e. The Balaban J connectivity index is 1.42. The molecule has 2 fully saturated rings. The van der Waals surface area contributed by atoms with Gasteiger partial charge in [-0.3, -0.25) is 9.69 Å². The Morgan fingerprint density at radius 1 is 0.923 bits per heavy atom. The molecule has 0 radical (unpaired) electrons. The molecule has 1 aromatic carbocycles. The van der Waals surface area contributed by atoms with Gasteiger partial charge in [0, 0.05) is 45.0 Å². The van der Waals surface area contributed by atoms with Crippen LogP contribution in [0.5, 0.6) is 0 Å². The monoisotopic (exact) mass is 378 g/mol. The highest BCUT2D eigenvalue weighted by Crippen LogP contribution is 2.13. The van der Waals surface area contributed by atoms with Gasteiger partial charge in [0.15, 0.2) is 5.11 Å². The van der Waals surface area contributed by atoms with E-state index in [1.807, 2.05) is 4.90 Å². The zero-order valence-electron chi connectivity index (χ0n) is 15.1. The number of thiocarbonyl (C=S) groups is 1. The van der Waals surface area contributed by atoms with Crippen LogP contribution in [0.3, 0.4) is 0 Å². The van der Waals surface area contributed by atoms with E-state index in [0.29, 0.717) is 11.7 Å². The summed E-state index contributed by atoms with van der Waals surface area (Å²) in [5.74, 6) is -0.00322. The molecule has 1 amide bonds. The highest BCUT2D eigenvalue weighted by Gasteiger charge is 2.23. The number of halogens is 1. The number of carbonyl (C=O) groups excluding carboxylic acids is 1. The van der Waals surface area contributed by atoms with Crippen molar-refractivity contribution in [2.24, 2.45) is 0 Å². The summed E-state index contributed by atoms with van der Waals surface area (Å²) in [6.07, 6.45) is 4.73. The van der Waals surface area contributed by atoms with Crippen molar-refractivity contribution in [2.45, 2.75) is 25.7 Å². The molecule has 3 rings (SSSR count). The Bertz CT molecular complexity index is 608. The molecule has 0 spiro atoms. The molecule has 5 nitrogen and oxygen atoms in total. The zero-order valence-corrected chi connectivity index (χ0v) is 15.9. The SMILES string of the molecule is O=C(CN1CCN(C(=S)Nc2ccc(F)cc2)CC1)N1CCCCCC1. The number of hydrogen-bond acceptors (Lipinski definition) is 3. The van der Waals surface area contributed by atoms with E-state index in [4.69, 9.17) is 12.2 Å². The summed E-state index contributed by atoms with van der Waals surface area (Å²) >= 11 is 5.46. The molecule has 26 heavy (non-hydrogen) atoms. The number of likely N-dealkylation sites (tertiary alicyclic amines) is 1. The fourth-order valence-corrected chi connectivity index (χ4v) is 3.76. The van der Waals surface area contributed by atoms with Gasteiger partial charge >= 0.3 is 0 Å². The summed E-state index contributed by atoms with van der Waals surface area (Å²) in [7, 11) is 0. The van der Waals surface area contributed by atoms with Crippen LogP contribution in [0.25, 0.3) is 0 Å². The summed E-state index contributed by atoms with van der Waals surface area (Å²) in [5.41, 5.74) is 0.787. The molecule has 2 saturated heterocycles. The average molecular weight is 379 g/mol. The number of carbonyl (C=O) groups is 1. The van der Waals surface area contributed by atoms with Crippen LogP contribution in [0.2, 0.25) is 0 Å². The van der Waals surface area contributed by atoms with Crippen molar-refractivity contribution in [2.75, 3.05) is 51.1 Å². The number of benzene rings is 1. The second-order valence-corrected chi connectivity index (χ2v) is 7.38. The van der Waals surface area contributed by atoms with E-state index < -0.39 is 0 Å². The molecule has 2 aliphatic rings. The van der Waals surface area contributed by atoms with Gasteiger partial charge in [-0.1, -0.05) is 12.8 Å². The maximum atomic E-state index is 13.0. The highest BCUT2D eigenvalue weighted by atomic mass is 32.1. The molecule has 2 heterocycles. The Kier molecular flexibility index (Phi) is 6.80. The van der Waals surface area contributed by atoms with Crippen molar-refractivity contribution in [3.8, 4) is 0 Å². The first-order chi connectivity index (χ1) is 12.6. The lowest BCUT2D eigenvalue weighted by molar-refractivity contribution is -0.132. The van der Waals surface area contributed by atoms with Gasteiger partial charge in [0.05, 0.1) is 6.54 Å². The second-order valence-electron chi connectivity index (χ2n) is 7.00. The molecule has 0 bridgehead atoms. The minimum absolute atomic E-state index is 0.257. The van der Waals surface area contributed by atoms with Crippen molar-refractivity contribution in [1.82, 2.24) is 14.7 Å². The summed E-state index contributed by atoms with van der Waals surface area (Å²) in [6, 6.07) is 6.18. The number of piperazine rings is 1. The molecule has 0 atom stereocenters. The first kappa shape index (κ1) is 19.0. The van der Waals surface area contributed by atoms with Crippen molar-refractivity contribution in [3.63, 3.8) is 0 Å². The van der Waals surface area contributed by atoms with Crippen molar-refractivity contribution >= 4 is 28.9 Å². The van der Waals surface area contributed by atoms with E-state index in [1.165, 1.54) is 25.0 Å². The highest BCUT2D eigenvalue weighted by molar-refractivity contribution is 7.80. The minimum atomic E-state index is -0.260. The molecule has 142 valence electrons. The van der Waals surface area contributed by atoms with Gasteiger partial charge < -0.3 is 15.1 Å². The average Bonchev–Trinajstić information content (AvgIpc) is 2.94. The molecule has 2 aliphatic heterocycles. The molecule has 1 N–H and O–H groups in total. The number of amides is 1. The normalized spacial score (nSPS) is 19.1. The summed E-state index contributed by atoms with van der Waals surface area (Å²) in [4.78, 5) is 18.8. The molecule has 0 saturated carbocycles. The number of rotatable bonds is 3. The Morgan fingerprint density at radius 3 is 2.15 bits per heavy atom. The molecule has 0 aliphatic carbocycles. The van der Waals surface area contributed by atoms with Crippen LogP contribution >= 0.6 is 12.2 Å². The van der Waals surface area contributed by atoms with Crippen LogP contribution < -0.4 is 5.32 Å². The summed E-state index contributed by atoms with van der Waals surface area (Å²) in [6.45, 7) is 5.55. The number of anilines is 1. The predicted molar refractivity (Wildman–Crippen MR) is 106 cm³/mol. The van der Waals surface area contributed by atoms with E-state index in [1.54, 1.807) is 12.1 Å². The maximum Gasteiger partial charge on any atom is 0.236 e. The first-order valence-corrected chi connectivity index (χ1v) is 9.84. The lowest BCUT2D eigenvalue weighted by Crippen LogP contribution is -2.52. The van der Waals surface area contributed by atoms with Gasteiger partial charge in [-0.15, -0.1) is 0 Å².